The van der Waals surface area contributed by atoms with E-state index >= 15 is 0 Å². The van der Waals surface area contributed by atoms with Gasteiger partial charge in [-0.2, -0.15) is 0 Å². The van der Waals surface area contributed by atoms with Gasteiger partial charge in [-0.05, 0) is 36.1 Å². The second kappa shape index (κ2) is 5.99. The molecule has 1 unspecified atom stereocenters. The quantitative estimate of drug-likeness (QED) is 0.896. The Balaban J connectivity index is 1.49. The van der Waals surface area contributed by atoms with Crippen molar-refractivity contribution in [2.75, 3.05) is 39.4 Å². The summed E-state index contributed by atoms with van der Waals surface area (Å²) < 4.78 is 18.5. The van der Waals surface area contributed by atoms with Crippen LogP contribution in [0.1, 0.15) is 23.6 Å². The standard InChI is InChI=1S/C15H21FN2O/c16-13-2-3-14-12(11-13)1-4-15(14)17-5-6-18-7-9-19-10-8-18/h2-3,11,15,17H,1,4-10H2. The molecular formula is C15H21FN2O. The van der Waals surface area contributed by atoms with Crippen LogP contribution in [0.5, 0.6) is 0 Å². The summed E-state index contributed by atoms with van der Waals surface area (Å²) in [5.74, 6) is -0.118. The summed E-state index contributed by atoms with van der Waals surface area (Å²) in [6.07, 6.45) is 2.07. The molecule has 0 radical (unpaired) electrons. The average molecular weight is 264 g/mol. The van der Waals surface area contributed by atoms with Crippen LogP contribution in [0.25, 0.3) is 0 Å². The highest BCUT2D eigenvalue weighted by Gasteiger charge is 2.22. The summed E-state index contributed by atoms with van der Waals surface area (Å²) in [7, 11) is 0. The van der Waals surface area contributed by atoms with Crippen LogP contribution in [0.2, 0.25) is 0 Å². The number of benzene rings is 1. The zero-order valence-corrected chi connectivity index (χ0v) is 11.2. The Morgan fingerprint density at radius 3 is 3.00 bits per heavy atom. The van der Waals surface area contributed by atoms with Gasteiger partial charge in [0.1, 0.15) is 5.82 Å². The van der Waals surface area contributed by atoms with Crippen molar-refractivity contribution in [1.29, 1.82) is 0 Å². The summed E-state index contributed by atoms with van der Waals surface area (Å²) in [5.41, 5.74) is 2.45. The van der Waals surface area contributed by atoms with Crippen molar-refractivity contribution < 1.29 is 9.13 Å². The number of nitrogens with zero attached hydrogens (tertiary/aromatic N) is 1. The molecule has 1 saturated heterocycles. The van der Waals surface area contributed by atoms with E-state index < -0.39 is 0 Å². The van der Waals surface area contributed by atoms with Crippen LogP contribution in [0, 0.1) is 5.82 Å². The minimum atomic E-state index is -0.118. The molecule has 3 rings (SSSR count). The lowest BCUT2D eigenvalue weighted by molar-refractivity contribution is 0.0381. The molecule has 4 heteroatoms. The Bertz CT molecular complexity index is 432. The van der Waals surface area contributed by atoms with Gasteiger partial charge in [0, 0.05) is 32.2 Å². The number of morpholine rings is 1. The Hall–Kier alpha value is -0.970. The van der Waals surface area contributed by atoms with Crippen molar-refractivity contribution >= 4 is 0 Å². The summed E-state index contributed by atoms with van der Waals surface area (Å²) in [6, 6.07) is 5.58. The molecule has 0 spiro atoms. The molecule has 1 aliphatic carbocycles. The lowest BCUT2D eigenvalue weighted by Crippen LogP contribution is -2.40. The van der Waals surface area contributed by atoms with Gasteiger partial charge in [0.25, 0.3) is 0 Å². The largest absolute Gasteiger partial charge is 0.379 e. The molecule has 2 aliphatic rings. The first-order valence-corrected chi connectivity index (χ1v) is 7.15. The second-order valence-corrected chi connectivity index (χ2v) is 5.34. The van der Waals surface area contributed by atoms with Crippen molar-refractivity contribution in [2.45, 2.75) is 18.9 Å². The van der Waals surface area contributed by atoms with Crippen molar-refractivity contribution in [1.82, 2.24) is 10.2 Å². The minimum absolute atomic E-state index is 0.118. The molecule has 19 heavy (non-hydrogen) atoms. The highest BCUT2D eigenvalue weighted by Crippen LogP contribution is 2.31. The molecule has 104 valence electrons. The van der Waals surface area contributed by atoms with Gasteiger partial charge in [-0.15, -0.1) is 0 Å². The maximum Gasteiger partial charge on any atom is 0.123 e. The molecule has 1 aliphatic heterocycles. The number of fused-ring (bicyclic) bond motifs is 1. The van der Waals surface area contributed by atoms with Crippen LogP contribution >= 0.6 is 0 Å². The number of hydrogen-bond acceptors (Lipinski definition) is 3. The van der Waals surface area contributed by atoms with Crippen LogP contribution in [-0.2, 0) is 11.2 Å². The van der Waals surface area contributed by atoms with Crippen LogP contribution in [0.15, 0.2) is 18.2 Å². The molecule has 1 N–H and O–H groups in total. The van der Waals surface area contributed by atoms with E-state index in [1.54, 1.807) is 12.1 Å². The van der Waals surface area contributed by atoms with Crippen LogP contribution < -0.4 is 5.32 Å². The van der Waals surface area contributed by atoms with Gasteiger partial charge in [0.05, 0.1) is 13.2 Å². The molecule has 1 fully saturated rings. The molecule has 1 heterocycles. The Labute approximate surface area is 113 Å². The molecular weight excluding hydrogens is 243 g/mol. The van der Waals surface area contributed by atoms with Gasteiger partial charge in [-0.1, -0.05) is 6.07 Å². The first-order valence-electron chi connectivity index (χ1n) is 7.15. The van der Waals surface area contributed by atoms with Crippen molar-refractivity contribution in [3.8, 4) is 0 Å². The molecule has 0 amide bonds. The second-order valence-electron chi connectivity index (χ2n) is 5.34. The van der Waals surface area contributed by atoms with Crippen molar-refractivity contribution in [3.63, 3.8) is 0 Å². The molecule has 1 aromatic rings. The zero-order chi connectivity index (χ0) is 13.1. The van der Waals surface area contributed by atoms with Gasteiger partial charge >= 0.3 is 0 Å². The Morgan fingerprint density at radius 1 is 1.32 bits per heavy atom. The number of aryl methyl sites for hydroxylation is 1. The Kier molecular flexibility index (Phi) is 4.11. The van der Waals surface area contributed by atoms with Gasteiger partial charge < -0.3 is 10.1 Å². The fraction of sp³-hybridized carbons (Fsp3) is 0.600. The molecule has 0 bridgehead atoms. The van der Waals surface area contributed by atoms with Gasteiger partial charge in [0.15, 0.2) is 0 Å². The van der Waals surface area contributed by atoms with Gasteiger partial charge in [0.2, 0.25) is 0 Å². The van der Waals surface area contributed by atoms with Gasteiger partial charge in [-0.25, -0.2) is 4.39 Å². The maximum absolute atomic E-state index is 13.1. The highest BCUT2D eigenvalue weighted by molar-refractivity contribution is 5.34. The van der Waals surface area contributed by atoms with Crippen molar-refractivity contribution in [2.24, 2.45) is 0 Å². The summed E-state index contributed by atoms with van der Waals surface area (Å²) >= 11 is 0. The first-order chi connectivity index (χ1) is 9.33. The highest BCUT2D eigenvalue weighted by atomic mass is 19.1. The molecule has 1 aromatic carbocycles. The lowest BCUT2D eigenvalue weighted by Gasteiger charge is -2.27. The first kappa shape index (κ1) is 13.0. The monoisotopic (exact) mass is 264 g/mol. The van der Waals surface area contributed by atoms with Crippen molar-refractivity contribution in [3.05, 3.63) is 35.1 Å². The molecule has 0 saturated carbocycles. The van der Waals surface area contributed by atoms with E-state index in [2.05, 4.69) is 10.2 Å². The molecule has 0 aromatic heterocycles. The molecule has 3 nitrogen and oxygen atoms in total. The van der Waals surface area contributed by atoms with Crippen LogP contribution in [0.3, 0.4) is 0 Å². The number of nitrogens with one attached hydrogen (secondary N) is 1. The van der Waals surface area contributed by atoms with Crippen LogP contribution in [-0.4, -0.2) is 44.3 Å². The zero-order valence-electron chi connectivity index (χ0n) is 11.2. The average Bonchev–Trinajstić information content (AvgIpc) is 2.82. The maximum atomic E-state index is 13.1. The molecule has 1 atom stereocenters. The third kappa shape index (κ3) is 3.14. The predicted molar refractivity (Wildman–Crippen MR) is 72.7 cm³/mol. The third-order valence-corrected chi connectivity index (χ3v) is 4.11. The van der Waals surface area contributed by atoms with E-state index in [0.29, 0.717) is 6.04 Å². The third-order valence-electron chi connectivity index (χ3n) is 4.11. The Morgan fingerprint density at radius 2 is 2.16 bits per heavy atom. The number of halogens is 1. The summed E-state index contributed by atoms with van der Waals surface area (Å²) in [5, 5.41) is 3.60. The van der Waals surface area contributed by atoms with E-state index in [-0.39, 0.29) is 5.82 Å². The fourth-order valence-corrected chi connectivity index (χ4v) is 3.02. The van der Waals surface area contributed by atoms with E-state index in [9.17, 15) is 4.39 Å². The smallest absolute Gasteiger partial charge is 0.123 e. The SMILES string of the molecule is Fc1ccc2c(c1)CCC2NCCN1CCOCC1. The van der Waals surface area contributed by atoms with E-state index in [0.717, 1.165) is 52.2 Å². The minimum Gasteiger partial charge on any atom is -0.379 e. The number of rotatable bonds is 4. The fourth-order valence-electron chi connectivity index (χ4n) is 3.02. The van der Waals surface area contributed by atoms with E-state index in [4.69, 9.17) is 4.74 Å². The van der Waals surface area contributed by atoms with E-state index in [1.807, 2.05) is 6.07 Å². The summed E-state index contributed by atoms with van der Waals surface area (Å²) in [4.78, 5) is 2.43. The number of hydrogen-bond donors (Lipinski definition) is 1. The lowest BCUT2D eigenvalue weighted by atomic mass is 10.1. The number of ether oxygens (including phenoxy) is 1. The van der Waals surface area contributed by atoms with Gasteiger partial charge in [-0.3, -0.25) is 4.90 Å². The van der Waals surface area contributed by atoms with E-state index in [1.165, 1.54) is 11.1 Å². The normalized spacial score (nSPS) is 23.5. The predicted octanol–water partition coefficient (Wildman–Crippen LogP) is 1.73. The van der Waals surface area contributed by atoms with Crippen LogP contribution in [0.4, 0.5) is 4.39 Å². The topological polar surface area (TPSA) is 24.5 Å². The summed E-state index contributed by atoms with van der Waals surface area (Å²) in [6.45, 7) is 5.83.